The third-order valence-electron chi connectivity index (χ3n) is 3.75. The van der Waals surface area contributed by atoms with Crippen molar-refractivity contribution in [1.29, 1.82) is 0 Å². The number of ether oxygens (including phenoxy) is 1. The molecule has 0 aliphatic heterocycles. The maximum absolute atomic E-state index is 12.1. The first-order valence-electron chi connectivity index (χ1n) is 8.42. The first-order chi connectivity index (χ1) is 12.0. The van der Waals surface area contributed by atoms with Crippen molar-refractivity contribution in [3.63, 3.8) is 0 Å². The Balaban J connectivity index is 1.93. The smallest absolute Gasteiger partial charge is 0.338 e. The molecule has 0 radical (unpaired) electrons. The number of esters is 1. The van der Waals surface area contributed by atoms with E-state index in [1.165, 1.54) is 0 Å². The van der Waals surface area contributed by atoms with Crippen molar-refractivity contribution in [1.82, 2.24) is 0 Å². The van der Waals surface area contributed by atoms with Gasteiger partial charge in [-0.25, -0.2) is 9.59 Å². The Labute approximate surface area is 148 Å². The Kier molecular flexibility index (Phi) is 6.57. The van der Waals surface area contributed by atoms with Crippen LogP contribution in [0.3, 0.4) is 0 Å². The van der Waals surface area contributed by atoms with Crippen LogP contribution >= 0.6 is 0 Å². The molecule has 2 amide bonds. The van der Waals surface area contributed by atoms with Gasteiger partial charge >= 0.3 is 12.0 Å². The number of hydrogen-bond donors (Lipinski definition) is 2. The van der Waals surface area contributed by atoms with Crippen LogP contribution in [0.5, 0.6) is 0 Å². The fourth-order valence-corrected chi connectivity index (χ4v) is 2.24. The standard InChI is InChI=1S/C20H24N2O3/c1-4-5-12-25-19(23)16-8-10-17(11-9-16)21-20(24)22-18-13-14(2)6-7-15(18)3/h6-11,13H,4-5,12H2,1-3H3,(H2,21,22,24). The van der Waals surface area contributed by atoms with Crippen molar-refractivity contribution >= 4 is 23.4 Å². The Morgan fingerprint density at radius 3 is 2.40 bits per heavy atom. The molecule has 5 nitrogen and oxygen atoms in total. The van der Waals surface area contributed by atoms with Crippen molar-refractivity contribution in [2.75, 3.05) is 17.2 Å². The van der Waals surface area contributed by atoms with E-state index < -0.39 is 0 Å². The third-order valence-corrected chi connectivity index (χ3v) is 3.75. The van der Waals surface area contributed by atoms with Crippen LogP contribution in [0.2, 0.25) is 0 Å². The molecule has 2 rings (SSSR count). The number of urea groups is 1. The van der Waals surface area contributed by atoms with E-state index in [9.17, 15) is 9.59 Å². The quantitative estimate of drug-likeness (QED) is 0.580. The number of unbranched alkanes of at least 4 members (excludes halogenated alkanes) is 1. The Hall–Kier alpha value is -2.82. The van der Waals surface area contributed by atoms with E-state index in [1.54, 1.807) is 24.3 Å². The van der Waals surface area contributed by atoms with Crippen LogP contribution < -0.4 is 10.6 Å². The van der Waals surface area contributed by atoms with E-state index in [1.807, 2.05) is 39.0 Å². The van der Waals surface area contributed by atoms with Gasteiger partial charge in [-0.1, -0.05) is 25.5 Å². The zero-order valence-corrected chi connectivity index (χ0v) is 14.9. The van der Waals surface area contributed by atoms with Crippen molar-refractivity contribution < 1.29 is 14.3 Å². The Morgan fingerprint density at radius 2 is 1.72 bits per heavy atom. The molecular formula is C20H24N2O3. The first kappa shape index (κ1) is 18.5. The van der Waals surface area contributed by atoms with Gasteiger partial charge in [0.25, 0.3) is 0 Å². The van der Waals surface area contributed by atoms with Crippen LogP contribution in [0.15, 0.2) is 42.5 Å². The lowest BCUT2D eigenvalue weighted by molar-refractivity contribution is 0.0500. The van der Waals surface area contributed by atoms with E-state index in [4.69, 9.17) is 4.74 Å². The maximum atomic E-state index is 12.1. The zero-order valence-electron chi connectivity index (χ0n) is 14.9. The fourth-order valence-electron chi connectivity index (χ4n) is 2.24. The molecule has 0 spiro atoms. The largest absolute Gasteiger partial charge is 0.462 e. The van der Waals surface area contributed by atoms with E-state index in [0.717, 1.165) is 29.7 Å². The summed E-state index contributed by atoms with van der Waals surface area (Å²) in [7, 11) is 0. The molecule has 132 valence electrons. The number of benzene rings is 2. The molecule has 0 aliphatic carbocycles. The molecule has 0 atom stereocenters. The zero-order chi connectivity index (χ0) is 18.2. The van der Waals surface area contributed by atoms with Gasteiger partial charge in [0, 0.05) is 11.4 Å². The summed E-state index contributed by atoms with van der Waals surface area (Å²) in [6.07, 6.45) is 1.83. The van der Waals surface area contributed by atoms with Crippen LogP contribution in [0.4, 0.5) is 16.2 Å². The second-order valence-corrected chi connectivity index (χ2v) is 5.96. The molecule has 2 aromatic carbocycles. The first-order valence-corrected chi connectivity index (χ1v) is 8.42. The van der Waals surface area contributed by atoms with Gasteiger partial charge in [-0.3, -0.25) is 0 Å². The molecule has 0 unspecified atom stereocenters. The van der Waals surface area contributed by atoms with Gasteiger partial charge < -0.3 is 15.4 Å². The number of amides is 2. The number of rotatable bonds is 6. The SMILES string of the molecule is CCCCOC(=O)c1ccc(NC(=O)Nc2cc(C)ccc2C)cc1. The molecule has 0 fully saturated rings. The second kappa shape index (κ2) is 8.87. The van der Waals surface area contributed by atoms with Gasteiger partial charge in [0.05, 0.1) is 12.2 Å². The lowest BCUT2D eigenvalue weighted by atomic mass is 10.1. The summed E-state index contributed by atoms with van der Waals surface area (Å²) >= 11 is 0. The molecular weight excluding hydrogens is 316 g/mol. The second-order valence-electron chi connectivity index (χ2n) is 5.96. The van der Waals surface area contributed by atoms with Crippen LogP contribution in [0.1, 0.15) is 41.3 Å². The predicted octanol–water partition coefficient (Wildman–Crippen LogP) is 4.90. The summed E-state index contributed by atoms with van der Waals surface area (Å²) < 4.78 is 5.15. The number of carbonyl (C=O) groups excluding carboxylic acids is 2. The summed E-state index contributed by atoms with van der Waals surface area (Å²) in [5.74, 6) is -0.347. The van der Waals surface area contributed by atoms with E-state index in [0.29, 0.717) is 17.9 Å². The minimum absolute atomic E-state index is 0.327. The van der Waals surface area contributed by atoms with E-state index >= 15 is 0 Å². The van der Waals surface area contributed by atoms with E-state index in [-0.39, 0.29) is 12.0 Å². The topological polar surface area (TPSA) is 67.4 Å². The number of hydrogen-bond acceptors (Lipinski definition) is 3. The molecule has 0 saturated heterocycles. The number of aryl methyl sites for hydroxylation is 2. The summed E-state index contributed by atoms with van der Waals surface area (Å²) in [6.45, 7) is 6.38. The van der Waals surface area contributed by atoms with Gasteiger partial charge in [-0.2, -0.15) is 0 Å². The third kappa shape index (κ3) is 5.64. The lowest BCUT2D eigenvalue weighted by Crippen LogP contribution is -2.20. The number of nitrogens with one attached hydrogen (secondary N) is 2. The molecule has 0 saturated carbocycles. The highest BCUT2D eigenvalue weighted by Crippen LogP contribution is 2.17. The Morgan fingerprint density at radius 1 is 1.00 bits per heavy atom. The van der Waals surface area contributed by atoms with Crippen molar-refractivity contribution in [2.45, 2.75) is 33.6 Å². The highest BCUT2D eigenvalue weighted by atomic mass is 16.5. The van der Waals surface area contributed by atoms with Gasteiger partial charge in [0.15, 0.2) is 0 Å². The molecule has 25 heavy (non-hydrogen) atoms. The average Bonchev–Trinajstić information content (AvgIpc) is 2.59. The summed E-state index contributed by atoms with van der Waals surface area (Å²) in [5.41, 5.74) is 3.91. The van der Waals surface area contributed by atoms with Gasteiger partial charge in [0.1, 0.15) is 0 Å². The molecule has 0 aromatic heterocycles. The fraction of sp³-hybridized carbons (Fsp3) is 0.300. The average molecular weight is 340 g/mol. The molecule has 0 bridgehead atoms. The molecule has 5 heteroatoms. The highest BCUT2D eigenvalue weighted by molar-refractivity contribution is 6.00. The monoisotopic (exact) mass is 340 g/mol. The molecule has 2 N–H and O–H groups in total. The molecule has 0 aliphatic rings. The summed E-state index contributed by atoms with van der Waals surface area (Å²) in [4.78, 5) is 24.0. The predicted molar refractivity (Wildman–Crippen MR) is 100 cm³/mol. The number of anilines is 2. The van der Waals surface area contributed by atoms with Crippen LogP contribution in [0, 0.1) is 13.8 Å². The summed E-state index contributed by atoms with van der Waals surface area (Å²) in [5, 5.41) is 5.58. The number of carbonyl (C=O) groups is 2. The Bertz CT molecular complexity index is 739. The van der Waals surface area contributed by atoms with Crippen LogP contribution in [0.25, 0.3) is 0 Å². The van der Waals surface area contributed by atoms with Crippen LogP contribution in [-0.4, -0.2) is 18.6 Å². The van der Waals surface area contributed by atoms with E-state index in [2.05, 4.69) is 10.6 Å². The molecule has 0 heterocycles. The normalized spacial score (nSPS) is 10.2. The van der Waals surface area contributed by atoms with Gasteiger partial charge in [-0.05, 0) is 61.7 Å². The van der Waals surface area contributed by atoms with Gasteiger partial charge in [-0.15, -0.1) is 0 Å². The minimum atomic E-state index is -0.347. The molecule has 2 aromatic rings. The maximum Gasteiger partial charge on any atom is 0.338 e. The van der Waals surface area contributed by atoms with Gasteiger partial charge in [0.2, 0.25) is 0 Å². The minimum Gasteiger partial charge on any atom is -0.462 e. The van der Waals surface area contributed by atoms with Crippen LogP contribution in [-0.2, 0) is 4.74 Å². The van der Waals surface area contributed by atoms with Crippen molar-refractivity contribution in [2.24, 2.45) is 0 Å². The van der Waals surface area contributed by atoms with Crippen molar-refractivity contribution in [3.05, 3.63) is 59.2 Å². The highest BCUT2D eigenvalue weighted by Gasteiger charge is 2.08. The lowest BCUT2D eigenvalue weighted by Gasteiger charge is -2.11. The van der Waals surface area contributed by atoms with Crippen molar-refractivity contribution in [3.8, 4) is 0 Å². The summed E-state index contributed by atoms with van der Waals surface area (Å²) in [6, 6.07) is 12.2.